The maximum absolute atomic E-state index is 13.3. The Labute approximate surface area is 197 Å². The van der Waals surface area contributed by atoms with Crippen molar-refractivity contribution in [3.63, 3.8) is 0 Å². The van der Waals surface area contributed by atoms with Crippen LogP contribution in [-0.2, 0) is 29.2 Å². The fourth-order valence-corrected chi connectivity index (χ4v) is 4.72. The minimum atomic E-state index is -0.589. The highest BCUT2D eigenvalue weighted by molar-refractivity contribution is 5.82. The number of aromatic nitrogens is 2. The molecule has 0 bridgehead atoms. The summed E-state index contributed by atoms with van der Waals surface area (Å²) in [7, 11) is 0. The quantitative estimate of drug-likeness (QED) is 0.573. The molecule has 9 heteroatoms. The topological polar surface area (TPSA) is 107 Å². The number of para-hydroxylation sites is 1. The Balaban J connectivity index is 1.57. The van der Waals surface area contributed by atoms with Gasteiger partial charge in [-0.25, -0.2) is 4.79 Å². The molecule has 1 aliphatic heterocycles. The Kier molecular flexibility index (Phi) is 7.00. The third kappa shape index (κ3) is 5.13. The van der Waals surface area contributed by atoms with E-state index in [4.69, 9.17) is 4.42 Å². The number of carbonyl (C=O) groups is 2. The van der Waals surface area contributed by atoms with Crippen molar-refractivity contribution < 1.29 is 14.0 Å². The van der Waals surface area contributed by atoms with Gasteiger partial charge in [0.15, 0.2) is 0 Å². The average Bonchev–Trinajstić information content (AvgIpc) is 3.33. The molecule has 9 nitrogen and oxygen atoms in total. The number of hydrogen-bond donors (Lipinski definition) is 1. The van der Waals surface area contributed by atoms with E-state index in [2.05, 4.69) is 19.2 Å². The van der Waals surface area contributed by atoms with E-state index in [9.17, 15) is 19.2 Å². The average molecular weight is 467 g/mol. The van der Waals surface area contributed by atoms with Crippen LogP contribution in [0.25, 0.3) is 10.9 Å². The van der Waals surface area contributed by atoms with E-state index >= 15 is 0 Å². The summed E-state index contributed by atoms with van der Waals surface area (Å²) in [6.07, 6.45) is 2.54. The predicted octanol–water partition coefficient (Wildman–Crippen LogP) is 1.97. The Morgan fingerprint density at radius 3 is 2.47 bits per heavy atom. The molecule has 3 aromatic rings. The van der Waals surface area contributed by atoms with Crippen LogP contribution in [0.5, 0.6) is 0 Å². The number of benzene rings is 1. The second-order valence-electron chi connectivity index (χ2n) is 9.19. The number of carbonyl (C=O) groups excluding carboxylic acids is 2. The van der Waals surface area contributed by atoms with Crippen LogP contribution in [0.4, 0.5) is 0 Å². The number of nitrogens with one attached hydrogen (secondary N) is 1. The first-order valence-electron chi connectivity index (χ1n) is 11.6. The number of likely N-dealkylation sites (tertiary alicyclic amines) is 1. The van der Waals surface area contributed by atoms with Crippen LogP contribution >= 0.6 is 0 Å². The summed E-state index contributed by atoms with van der Waals surface area (Å²) in [6, 6.07) is 10.2. The van der Waals surface area contributed by atoms with Crippen molar-refractivity contribution in [1.82, 2.24) is 19.4 Å². The number of piperidine rings is 1. The van der Waals surface area contributed by atoms with Crippen LogP contribution in [0.2, 0.25) is 0 Å². The Hall–Kier alpha value is -3.62. The number of amides is 2. The van der Waals surface area contributed by atoms with Crippen LogP contribution < -0.4 is 16.6 Å². The van der Waals surface area contributed by atoms with Crippen molar-refractivity contribution in [2.24, 2.45) is 11.8 Å². The minimum Gasteiger partial charge on any atom is -0.467 e. The van der Waals surface area contributed by atoms with Crippen molar-refractivity contribution in [3.05, 3.63) is 69.3 Å². The van der Waals surface area contributed by atoms with Gasteiger partial charge in [0.05, 0.1) is 23.7 Å². The fourth-order valence-electron chi connectivity index (χ4n) is 4.72. The lowest BCUT2D eigenvalue weighted by molar-refractivity contribution is -0.134. The molecule has 0 radical (unpaired) electrons. The van der Waals surface area contributed by atoms with Gasteiger partial charge >= 0.3 is 5.69 Å². The van der Waals surface area contributed by atoms with E-state index in [0.717, 1.165) is 11.0 Å². The molecule has 1 aliphatic rings. The molecule has 1 fully saturated rings. The molecule has 1 aromatic carbocycles. The summed E-state index contributed by atoms with van der Waals surface area (Å²) in [6.45, 7) is 5.55. The third-order valence-electron chi connectivity index (χ3n) is 6.25. The maximum atomic E-state index is 13.3. The molecule has 34 heavy (non-hydrogen) atoms. The second kappa shape index (κ2) is 10.1. The summed E-state index contributed by atoms with van der Waals surface area (Å²) in [5.74, 6) is 0.949. The first kappa shape index (κ1) is 23.5. The zero-order valence-corrected chi connectivity index (χ0v) is 19.5. The molecule has 1 saturated heterocycles. The number of rotatable bonds is 7. The zero-order chi connectivity index (χ0) is 24.2. The van der Waals surface area contributed by atoms with Crippen molar-refractivity contribution in [2.75, 3.05) is 13.1 Å². The van der Waals surface area contributed by atoms with Gasteiger partial charge in [-0.2, -0.15) is 0 Å². The largest absolute Gasteiger partial charge is 0.467 e. The molecule has 2 atom stereocenters. The van der Waals surface area contributed by atoms with Crippen molar-refractivity contribution in [2.45, 2.75) is 46.3 Å². The summed E-state index contributed by atoms with van der Waals surface area (Å²) in [5, 5.41) is 3.05. The van der Waals surface area contributed by atoms with Gasteiger partial charge < -0.3 is 14.6 Å². The number of nitrogens with zero attached hydrogens (tertiary/aromatic N) is 3. The lowest BCUT2D eigenvalue weighted by Crippen LogP contribution is -2.47. The van der Waals surface area contributed by atoms with Crippen LogP contribution in [0.3, 0.4) is 0 Å². The van der Waals surface area contributed by atoms with Gasteiger partial charge in [0.2, 0.25) is 11.8 Å². The number of furan rings is 1. The van der Waals surface area contributed by atoms with Crippen molar-refractivity contribution in [3.8, 4) is 0 Å². The monoisotopic (exact) mass is 466 g/mol. The van der Waals surface area contributed by atoms with E-state index in [1.165, 1.54) is 10.8 Å². The third-order valence-corrected chi connectivity index (χ3v) is 6.25. The lowest BCUT2D eigenvalue weighted by Gasteiger charge is -2.35. The maximum Gasteiger partial charge on any atom is 0.331 e. The van der Waals surface area contributed by atoms with E-state index in [1.807, 2.05) is 0 Å². The molecule has 3 heterocycles. The van der Waals surface area contributed by atoms with Crippen molar-refractivity contribution >= 4 is 22.7 Å². The Morgan fingerprint density at radius 1 is 1.03 bits per heavy atom. The molecule has 180 valence electrons. The Bertz CT molecular complexity index is 1280. The van der Waals surface area contributed by atoms with Crippen molar-refractivity contribution in [1.29, 1.82) is 0 Å². The van der Waals surface area contributed by atoms with E-state index < -0.39 is 11.2 Å². The predicted molar refractivity (Wildman–Crippen MR) is 127 cm³/mol. The summed E-state index contributed by atoms with van der Waals surface area (Å²) < 4.78 is 7.59. The number of hydrogen-bond acceptors (Lipinski definition) is 5. The smallest absolute Gasteiger partial charge is 0.331 e. The van der Waals surface area contributed by atoms with Gasteiger partial charge in [-0.05, 0) is 42.5 Å². The first-order valence-corrected chi connectivity index (χ1v) is 11.6. The summed E-state index contributed by atoms with van der Waals surface area (Å²) in [4.78, 5) is 53.6. The number of fused-ring (bicyclic) bond motifs is 1. The standard InChI is InChI=1S/C25H30N4O5/c1-17-12-18(2)15-27(14-17)23(31)16-29-21-8-4-3-7-20(21)24(32)28(25(29)33)10-9-22(30)26-13-19-6-5-11-34-19/h3-8,11,17-18H,9-10,12-16H2,1-2H3,(H,26,30). The van der Waals surface area contributed by atoms with E-state index in [0.29, 0.717) is 41.6 Å². The summed E-state index contributed by atoms with van der Waals surface area (Å²) in [5.41, 5.74) is -0.639. The molecule has 2 amide bonds. The fraction of sp³-hybridized carbons (Fsp3) is 0.440. The van der Waals surface area contributed by atoms with E-state index in [1.54, 1.807) is 41.3 Å². The molecular formula is C25H30N4O5. The van der Waals surface area contributed by atoms with E-state index in [-0.39, 0.29) is 37.9 Å². The van der Waals surface area contributed by atoms with Gasteiger partial charge in [0.25, 0.3) is 5.56 Å². The zero-order valence-electron chi connectivity index (χ0n) is 19.5. The molecule has 1 N–H and O–H groups in total. The highest BCUT2D eigenvalue weighted by atomic mass is 16.3. The molecule has 0 spiro atoms. The molecule has 2 unspecified atom stereocenters. The van der Waals surface area contributed by atoms with Crippen LogP contribution in [0.1, 0.15) is 32.4 Å². The molecular weight excluding hydrogens is 436 g/mol. The van der Waals surface area contributed by atoms with Crippen LogP contribution in [0.15, 0.2) is 56.7 Å². The first-order chi connectivity index (χ1) is 16.3. The normalized spacial score (nSPS) is 18.2. The van der Waals surface area contributed by atoms with Crippen LogP contribution in [-0.4, -0.2) is 38.9 Å². The summed E-state index contributed by atoms with van der Waals surface area (Å²) >= 11 is 0. The van der Waals surface area contributed by atoms with Crippen LogP contribution in [0, 0.1) is 11.8 Å². The van der Waals surface area contributed by atoms with Gasteiger partial charge in [-0.15, -0.1) is 0 Å². The van der Waals surface area contributed by atoms with Gasteiger partial charge in [-0.1, -0.05) is 26.0 Å². The Morgan fingerprint density at radius 2 is 1.76 bits per heavy atom. The highest BCUT2D eigenvalue weighted by Crippen LogP contribution is 2.21. The lowest BCUT2D eigenvalue weighted by atomic mass is 9.92. The second-order valence-corrected chi connectivity index (χ2v) is 9.19. The van der Waals surface area contributed by atoms with Gasteiger partial charge in [0.1, 0.15) is 12.3 Å². The van der Waals surface area contributed by atoms with Gasteiger partial charge in [-0.3, -0.25) is 23.5 Å². The molecule has 0 saturated carbocycles. The SMILES string of the molecule is CC1CC(C)CN(C(=O)Cn2c(=O)n(CCC(=O)NCc3ccco3)c(=O)c3ccccc32)C1. The molecule has 2 aromatic heterocycles. The molecule has 4 rings (SSSR count). The minimum absolute atomic E-state index is 0.0523. The van der Waals surface area contributed by atoms with Gasteiger partial charge in [0, 0.05) is 26.1 Å². The highest BCUT2D eigenvalue weighted by Gasteiger charge is 2.26. The molecule has 0 aliphatic carbocycles.